The van der Waals surface area contributed by atoms with Gasteiger partial charge < -0.3 is 4.90 Å². The minimum Gasteiger partial charge on any atom is -0.368 e. The lowest BCUT2D eigenvalue weighted by Crippen LogP contribution is -2.40. The molecule has 1 fully saturated rings. The van der Waals surface area contributed by atoms with E-state index < -0.39 is 0 Å². The third kappa shape index (κ3) is 2.33. The average Bonchev–Trinajstić information content (AvgIpc) is 2.20. The second-order valence-corrected chi connectivity index (χ2v) is 5.35. The zero-order valence-electron chi connectivity index (χ0n) is 9.28. The number of hydrogen-bond donors (Lipinski definition) is 0. The van der Waals surface area contributed by atoms with Crippen LogP contribution in [0.1, 0.15) is 26.7 Å². The summed E-state index contributed by atoms with van der Waals surface area (Å²) in [6, 6.07) is 2.73. The molecule has 3 heteroatoms. The molecule has 2 rings (SSSR count). The van der Waals surface area contributed by atoms with E-state index in [4.69, 9.17) is 0 Å². The average molecular weight is 269 g/mol. The molecule has 1 aliphatic rings. The van der Waals surface area contributed by atoms with Crippen molar-refractivity contribution in [3.8, 4) is 0 Å². The van der Waals surface area contributed by atoms with Crippen LogP contribution in [0, 0.1) is 5.92 Å². The highest BCUT2D eigenvalue weighted by atomic mass is 79.9. The Labute approximate surface area is 99.8 Å². The van der Waals surface area contributed by atoms with Crippen molar-refractivity contribution >= 4 is 21.6 Å². The number of nitrogens with zero attached hydrogens (tertiary/aromatic N) is 2. The second kappa shape index (κ2) is 4.52. The number of aromatic nitrogens is 1. The van der Waals surface area contributed by atoms with E-state index in [0.29, 0.717) is 6.04 Å². The van der Waals surface area contributed by atoms with E-state index in [9.17, 15) is 0 Å². The van der Waals surface area contributed by atoms with E-state index >= 15 is 0 Å². The topological polar surface area (TPSA) is 16.1 Å². The minimum absolute atomic E-state index is 0.632. The van der Waals surface area contributed by atoms with E-state index in [1.54, 1.807) is 0 Å². The molecule has 15 heavy (non-hydrogen) atoms. The van der Waals surface area contributed by atoms with E-state index in [1.807, 2.05) is 12.4 Å². The highest BCUT2D eigenvalue weighted by Gasteiger charge is 2.23. The molecular formula is C12H17BrN2. The number of hydrogen-bond acceptors (Lipinski definition) is 2. The highest BCUT2D eigenvalue weighted by molar-refractivity contribution is 9.10. The fourth-order valence-electron chi connectivity index (χ4n) is 2.37. The van der Waals surface area contributed by atoms with Crippen molar-refractivity contribution in [1.82, 2.24) is 4.98 Å². The van der Waals surface area contributed by atoms with Crippen molar-refractivity contribution in [2.75, 3.05) is 11.4 Å². The molecular weight excluding hydrogens is 252 g/mol. The molecule has 1 aromatic rings. The van der Waals surface area contributed by atoms with E-state index in [1.165, 1.54) is 18.5 Å². The van der Waals surface area contributed by atoms with Gasteiger partial charge in [-0.15, -0.1) is 0 Å². The van der Waals surface area contributed by atoms with Gasteiger partial charge in [0.15, 0.2) is 0 Å². The lowest BCUT2D eigenvalue weighted by molar-refractivity contribution is 0.377. The van der Waals surface area contributed by atoms with Crippen LogP contribution in [0.4, 0.5) is 5.69 Å². The molecule has 0 spiro atoms. The van der Waals surface area contributed by atoms with Gasteiger partial charge in [0.25, 0.3) is 0 Å². The van der Waals surface area contributed by atoms with Crippen LogP contribution < -0.4 is 4.90 Å². The summed E-state index contributed by atoms with van der Waals surface area (Å²) in [4.78, 5) is 6.58. The zero-order chi connectivity index (χ0) is 10.8. The zero-order valence-corrected chi connectivity index (χ0v) is 10.9. The van der Waals surface area contributed by atoms with Crippen LogP contribution >= 0.6 is 15.9 Å². The largest absolute Gasteiger partial charge is 0.368 e. The third-order valence-electron chi connectivity index (χ3n) is 3.20. The van der Waals surface area contributed by atoms with Crippen molar-refractivity contribution in [2.45, 2.75) is 32.7 Å². The first-order chi connectivity index (χ1) is 7.18. The van der Waals surface area contributed by atoms with E-state index in [-0.39, 0.29) is 0 Å². The van der Waals surface area contributed by atoms with E-state index in [2.05, 4.69) is 45.7 Å². The molecule has 82 valence electrons. The molecule has 2 heterocycles. The maximum absolute atomic E-state index is 4.11. The van der Waals surface area contributed by atoms with Gasteiger partial charge in [-0.05, 0) is 47.7 Å². The van der Waals surface area contributed by atoms with Crippen LogP contribution in [0.3, 0.4) is 0 Å². The van der Waals surface area contributed by atoms with Gasteiger partial charge in [-0.3, -0.25) is 4.98 Å². The molecule has 0 aliphatic carbocycles. The first-order valence-electron chi connectivity index (χ1n) is 5.54. The highest BCUT2D eigenvalue weighted by Crippen LogP contribution is 2.31. The number of halogens is 1. The molecule has 2 unspecified atom stereocenters. The first kappa shape index (κ1) is 10.9. The second-order valence-electron chi connectivity index (χ2n) is 4.50. The number of rotatable bonds is 1. The first-order valence-corrected chi connectivity index (χ1v) is 6.34. The predicted molar refractivity (Wildman–Crippen MR) is 67.1 cm³/mol. The van der Waals surface area contributed by atoms with Gasteiger partial charge in [0.1, 0.15) is 0 Å². The molecule has 0 radical (unpaired) electrons. The van der Waals surface area contributed by atoms with Crippen LogP contribution in [0.25, 0.3) is 0 Å². The van der Waals surface area contributed by atoms with Crippen molar-refractivity contribution in [3.05, 3.63) is 22.9 Å². The summed E-state index contributed by atoms with van der Waals surface area (Å²) in [5.74, 6) is 0.858. The van der Waals surface area contributed by atoms with Gasteiger partial charge in [0.05, 0.1) is 10.2 Å². The summed E-state index contributed by atoms with van der Waals surface area (Å²) in [6.07, 6.45) is 6.32. The molecule has 1 aliphatic heterocycles. The van der Waals surface area contributed by atoms with Crippen molar-refractivity contribution in [2.24, 2.45) is 5.92 Å². The normalized spacial score (nSPS) is 26.7. The predicted octanol–water partition coefficient (Wildman–Crippen LogP) is 3.47. The Morgan fingerprint density at radius 2 is 2.27 bits per heavy atom. The van der Waals surface area contributed by atoms with Crippen LogP contribution in [0.2, 0.25) is 0 Å². The lowest BCUT2D eigenvalue weighted by atomic mass is 9.93. The van der Waals surface area contributed by atoms with Crippen LogP contribution in [-0.2, 0) is 0 Å². The van der Waals surface area contributed by atoms with Gasteiger partial charge >= 0.3 is 0 Å². The molecule has 0 amide bonds. The van der Waals surface area contributed by atoms with Crippen LogP contribution in [-0.4, -0.2) is 17.6 Å². The van der Waals surface area contributed by atoms with Gasteiger partial charge in [0.2, 0.25) is 0 Å². The quantitative estimate of drug-likeness (QED) is 0.776. The maximum Gasteiger partial charge on any atom is 0.0592 e. The number of piperidine rings is 1. The van der Waals surface area contributed by atoms with Crippen molar-refractivity contribution < 1.29 is 0 Å². The van der Waals surface area contributed by atoms with E-state index in [0.717, 1.165) is 16.9 Å². The van der Waals surface area contributed by atoms with Crippen molar-refractivity contribution in [1.29, 1.82) is 0 Å². The standard InChI is InChI=1S/C12H17BrN2/c1-9-4-6-15(10(2)7-9)12-3-5-14-8-11(12)13/h3,5,8-10H,4,6-7H2,1-2H3. The van der Waals surface area contributed by atoms with Gasteiger partial charge in [-0.1, -0.05) is 6.92 Å². The van der Waals surface area contributed by atoms with Crippen LogP contribution in [0.5, 0.6) is 0 Å². The number of anilines is 1. The lowest BCUT2D eigenvalue weighted by Gasteiger charge is -2.38. The van der Waals surface area contributed by atoms with Gasteiger partial charge in [-0.2, -0.15) is 0 Å². The van der Waals surface area contributed by atoms with Crippen LogP contribution in [0.15, 0.2) is 22.9 Å². The molecule has 2 atom stereocenters. The Morgan fingerprint density at radius 3 is 2.93 bits per heavy atom. The maximum atomic E-state index is 4.11. The summed E-state index contributed by atoms with van der Waals surface area (Å²) in [7, 11) is 0. The molecule has 0 saturated carbocycles. The fourth-order valence-corrected chi connectivity index (χ4v) is 2.84. The minimum atomic E-state index is 0.632. The summed E-state index contributed by atoms with van der Waals surface area (Å²) < 4.78 is 1.10. The molecule has 1 aromatic heterocycles. The third-order valence-corrected chi connectivity index (χ3v) is 3.81. The summed E-state index contributed by atoms with van der Waals surface area (Å²) in [5, 5.41) is 0. The Bertz CT molecular complexity index is 340. The van der Waals surface area contributed by atoms with Gasteiger partial charge in [-0.25, -0.2) is 0 Å². The summed E-state index contributed by atoms with van der Waals surface area (Å²) in [5.41, 5.74) is 1.28. The monoisotopic (exact) mass is 268 g/mol. The fraction of sp³-hybridized carbons (Fsp3) is 0.583. The number of pyridine rings is 1. The molecule has 0 bridgehead atoms. The molecule has 2 nitrogen and oxygen atoms in total. The summed E-state index contributed by atoms with van der Waals surface area (Å²) >= 11 is 3.57. The molecule has 0 aromatic carbocycles. The van der Waals surface area contributed by atoms with Crippen molar-refractivity contribution in [3.63, 3.8) is 0 Å². The Morgan fingerprint density at radius 1 is 1.47 bits per heavy atom. The molecule has 1 saturated heterocycles. The van der Waals surface area contributed by atoms with Gasteiger partial charge in [0, 0.05) is 25.0 Å². The Hall–Kier alpha value is -0.570. The molecule has 0 N–H and O–H groups in total. The Kier molecular flexibility index (Phi) is 3.29. The smallest absolute Gasteiger partial charge is 0.0592 e. The summed E-state index contributed by atoms with van der Waals surface area (Å²) in [6.45, 7) is 5.81. The SMILES string of the molecule is CC1CCN(c2ccncc2Br)C(C)C1. The Balaban J connectivity index is 2.20.